The van der Waals surface area contributed by atoms with Crippen LogP contribution in [-0.2, 0) is 9.59 Å². The van der Waals surface area contributed by atoms with Gasteiger partial charge in [-0.05, 0) is 50.6 Å². The Hall–Kier alpha value is -3.08. The number of amides is 2. The number of rotatable bonds is 5. The van der Waals surface area contributed by atoms with E-state index in [0.29, 0.717) is 16.8 Å². The van der Waals surface area contributed by atoms with E-state index in [1.165, 1.54) is 7.05 Å². The number of nitrogens with zero attached hydrogens (tertiary/aromatic N) is 1. The first-order valence-electron chi connectivity index (χ1n) is 8.54. The third kappa shape index (κ3) is 3.47. The molecule has 0 spiro atoms. The first kappa shape index (κ1) is 17.7. The van der Waals surface area contributed by atoms with Crippen molar-refractivity contribution in [1.82, 2.24) is 4.90 Å². The fourth-order valence-corrected chi connectivity index (χ4v) is 2.78. The van der Waals surface area contributed by atoms with Gasteiger partial charge in [0.15, 0.2) is 0 Å². The van der Waals surface area contributed by atoms with Crippen molar-refractivity contribution in [2.24, 2.45) is 0 Å². The number of likely N-dealkylation sites (N-methyl/N-ethyl adjacent to an activating group) is 1. The minimum atomic E-state index is -0.340. The lowest BCUT2D eigenvalue weighted by atomic mass is 10.0. The molecule has 1 N–H and O–H groups in total. The fourth-order valence-electron chi connectivity index (χ4n) is 2.78. The second-order valence-electron chi connectivity index (χ2n) is 6.60. The molecule has 5 nitrogen and oxygen atoms in total. The number of aryl methyl sites for hydroxylation is 1. The van der Waals surface area contributed by atoms with E-state index in [0.717, 1.165) is 21.9 Å². The van der Waals surface area contributed by atoms with Crippen LogP contribution in [0.1, 0.15) is 25.0 Å². The topological polar surface area (TPSA) is 58.6 Å². The quantitative estimate of drug-likeness (QED) is 0.837. The summed E-state index contributed by atoms with van der Waals surface area (Å²) in [4.78, 5) is 26.3. The summed E-state index contributed by atoms with van der Waals surface area (Å²) in [5.41, 5.74) is 3.22. The second kappa shape index (κ2) is 7.04. The van der Waals surface area contributed by atoms with E-state index in [2.05, 4.69) is 5.32 Å². The number of anilines is 1. The van der Waals surface area contributed by atoms with Gasteiger partial charge in [-0.15, -0.1) is 0 Å². The number of benzene rings is 2. The molecule has 0 bridgehead atoms. The summed E-state index contributed by atoms with van der Waals surface area (Å²) in [6.07, 6.45) is 0.0691. The molecule has 5 heteroatoms. The molecule has 0 aliphatic carbocycles. The fraction of sp³-hybridized carbons (Fsp3) is 0.238. The third-order valence-electron chi connectivity index (χ3n) is 4.12. The van der Waals surface area contributed by atoms with E-state index >= 15 is 0 Å². The number of carbonyl (C=O) groups is 2. The Labute approximate surface area is 153 Å². The molecule has 1 aliphatic rings. The molecule has 3 rings (SSSR count). The van der Waals surface area contributed by atoms with Gasteiger partial charge < -0.3 is 10.1 Å². The Morgan fingerprint density at radius 3 is 2.12 bits per heavy atom. The van der Waals surface area contributed by atoms with E-state index in [1.54, 1.807) is 12.1 Å². The van der Waals surface area contributed by atoms with Crippen molar-refractivity contribution >= 4 is 23.1 Å². The molecule has 0 fully saturated rings. The normalized spacial score (nSPS) is 14.4. The Morgan fingerprint density at radius 2 is 1.54 bits per heavy atom. The van der Waals surface area contributed by atoms with Crippen LogP contribution < -0.4 is 10.1 Å². The van der Waals surface area contributed by atoms with E-state index in [-0.39, 0.29) is 17.9 Å². The monoisotopic (exact) mass is 350 g/mol. The highest BCUT2D eigenvalue weighted by Gasteiger charge is 2.36. The lowest BCUT2D eigenvalue weighted by Crippen LogP contribution is -2.27. The SMILES string of the molecule is Cc1ccc(NC2=C(c3ccc(OC(C)C)cc3)C(=O)N(C)C2=O)cc1. The summed E-state index contributed by atoms with van der Waals surface area (Å²) in [6.45, 7) is 5.90. The lowest BCUT2D eigenvalue weighted by molar-refractivity contribution is -0.135. The van der Waals surface area contributed by atoms with E-state index in [9.17, 15) is 9.59 Å². The van der Waals surface area contributed by atoms with E-state index in [4.69, 9.17) is 4.74 Å². The van der Waals surface area contributed by atoms with Crippen LogP contribution >= 0.6 is 0 Å². The van der Waals surface area contributed by atoms with Crippen LogP contribution in [0, 0.1) is 6.92 Å². The van der Waals surface area contributed by atoms with E-state index < -0.39 is 0 Å². The van der Waals surface area contributed by atoms with Crippen LogP contribution in [0.4, 0.5) is 5.69 Å². The minimum absolute atomic E-state index is 0.0691. The van der Waals surface area contributed by atoms with E-state index in [1.807, 2.05) is 57.2 Å². The average Bonchev–Trinajstić information content (AvgIpc) is 2.81. The summed E-state index contributed by atoms with van der Waals surface area (Å²) in [7, 11) is 1.49. The Bertz CT molecular complexity index is 865. The first-order valence-corrected chi connectivity index (χ1v) is 8.54. The number of hydrogen-bond donors (Lipinski definition) is 1. The largest absolute Gasteiger partial charge is 0.491 e. The molecule has 0 atom stereocenters. The van der Waals surface area contributed by atoms with Gasteiger partial charge in [-0.3, -0.25) is 14.5 Å². The lowest BCUT2D eigenvalue weighted by Gasteiger charge is -2.11. The number of imide groups is 1. The van der Waals surface area contributed by atoms with Gasteiger partial charge in [0.2, 0.25) is 0 Å². The van der Waals surface area contributed by atoms with Gasteiger partial charge in [0.25, 0.3) is 11.8 Å². The highest BCUT2D eigenvalue weighted by molar-refractivity contribution is 6.36. The predicted molar refractivity (Wildman–Crippen MR) is 102 cm³/mol. The highest BCUT2D eigenvalue weighted by atomic mass is 16.5. The minimum Gasteiger partial charge on any atom is -0.491 e. The maximum atomic E-state index is 12.6. The van der Waals surface area contributed by atoms with Crippen molar-refractivity contribution in [3.05, 3.63) is 65.4 Å². The van der Waals surface area contributed by atoms with Crippen molar-refractivity contribution < 1.29 is 14.3 Å². The van der Waals surface area contributed by atoms with Crippen molar-refractivity contribution in [2.75, 3.05) is 12.4 Å². The zero-order chi connectivity index (χ0) is 18.8. The van der Waals surface area contributed by atoms with Crippen LogP contribution in [0.25, 0.3) is 5.57 Å². The molecule has 0 saturated heterocycles. The molecular formula is C21H22N2O3. The molecule has 2 amide bonds. The Morgan fingerprint density at radius 1 is 0.923 bits per heavy atom. The maximum absolute atomic E-state index is 12.6. The molecular weight excluding hydrogens is 328 g/mol. The molecule has 0 radical (unpaired) electrons. The average molecular weight is 350 g/mol. The molecule has 2 aromatic rings. The van der Waals surface area contributed by atoms with Gasteiger partial charge in [0.05, 0.1) is 11.7 Å². The van der Waals surface area contributed by atoms with Gasteiger partial charge in [0.1, 0.15) is 11.4 Å². The van der Waals surface area contributed by atoms with Gasteiger partial charge >= 0.3 is 0 Å². The van der Waals surface area contributed by atoms with Crippen molar-refractivity contribution in [1.29, 1.82) is 0 Å². The van der Waals surface area contributed by atoms with Gasteiger partial charge in [-0.25, -0.2) is 0 Å². The standard InChI is InChI=1S/C21H22N2O3/c1-13(2)26-17-11-7-15(8-12-17)18-19(21(25)23(4)20(18)24)22-16-9-5-14(3)6-10-16/h5-13,22H,1-4H3. The number of nitrogens with one attached hydrogen (secondary N) is 1. The summed E-state index contributed by atoms with van der Waals surface area (Å²) in [6, 6.07) is 14.9. The van der Waals surface area contributed by atoms with Gasteiger partial charge in [0, 0.05) is 12.7 Å². The molecule has 134 valence electrons. The van der Waals surface area contributed by atoms with Crippen LogP contribution in [0.3, 0.4) is 0 Å². The van der Waals surface area contributed by atoms with Crippen LogP contribution in [0.2, 0.25) is 0 Å². The summed E-state index contributed by atoms with van der Waals surface area (Å²) >= 11 is 0. The summed E-state index contributed by atoms with van der Waals surface area (Å²) < 4.78 is 5.64. The molecule has 1 aliphatic heterocycles. The number of ether oxygens (including phenoxy) is 1. The van der Waals surface area contributed by atoms with Crippen LogP contribution in [0.5, 0.6) is 5.75 Å². The van der Waals surface area contributed by atoms with Crippen LogP contribution in [0.15, 0.2) is 54.2 Å². The van der Waals surface area contributed by atoms with Crippen LogP contribution in [-0.4, -0.2) is 29.9 Å². The van der Waals surface area contributed by atoms with Gasteiger partial charge in [-0.2, -0.15) is 0 Å². The summed E-state index contributed by atoms with van der Waals surface area (Å²) in [5, 5.41) is 3.11. The van der Waals surface area contributed by atoms with Crippen molar-refractivity contribution in [3.63, 3.8) is 0 Å². The summed E-state index contributed by atoms with van der Waals surface area (Å²) in [5.74, 6) is 0.0674. The molecule has 2 aromatic carbocycles. The molecule has 0 aromatic heterocycles. The van der Waals surface area contributed by atoms with Gasteiger partial charge in [-0.1, -0.05) is 29.8 Å². The van der Waals surface area contributed by atoms with Crippen molar-refractivity contribution in [2.45, 2.75) is 26.9 Å². The highest BCUT2D eigenvalue weighted by Crippen LogP contribution is 2.30. The molecule has 0 saturated carbocycles. The smallest absolute Gasteiger partial charge is 0.277 e. The number of hydrogen-bond acceptors (Lipinski definition) is 4. The third-order valence-corrected chi connectivity index (χ3v) is 4.12. The van der Waals surface area contributed by atoms with Crippen molar-refractivity contribution in [3.8, 4) is 5.75 Å². The predicted octanol–water partition coefficient (Wildman–Crippen LogP) is 3.60. The maximum Gasteiger partial charge on any atom is 0.277 e. The molecule has 0 unspecified atom stereocenters. The second-order valence-corrected chi connectivity index (χ2v) is 6.60. The first-order chi connectivity index (χ1) is 12.4. The Kier molecular flexibility index (Phi) is 4.80. The zero-order valence-electron chi connectivity index (χ0n) is 15.4. The molecule has 1 heterocycles. The number of carbonyl (C=O) groups excluding carboxylic acids is 2. The molecule has 26 heavy (non-hydrogen) atoms. The zero-order valence-corrected chi connectivity index (χ0v) is 15.4. The Balaban J connectivity index is 1.98.